The van der Waals surface area contributed by atoms with Gasteiger partial charge in [0.15, 0.2) is 0 Å². The lowest BCUT2D eigenvalue weighted by Crippen LogP contribution is -2.52. The molecular weight excluding hydrogens is 502 g/mol. The molecule has 2 aromatic carbocycles. The van der Waals surface area contributed by atoms with Crippen LogP contribution in [0, 0.1) is 0 Å². The van der Waals surface area contributed by atoms with Crippen LogP contribution >= 0.6 is 46.4 Å². The Bertz CT molecular complexity index is 992. The zero-order valence-electron chi connectivity index (χ0n) is 18.6. The van der Waals surface area contributed by atoms with Gasteiger partial charge in [-0.1, -0.05) is 84.7 Å². The third-order valence-electron chi connectivity index (χ3n) is 6.03. The Morgan fingerprint density at radius 3 is 2.33 bits per heavy atom. The highest BCUT2D eigenvalue weighted by Crippen LogP contribution is 2.26. The molecule has 1 atom stereocenters. The molecule has 33 heavy (non-hydrogen) atoms. The second-order valence-electron chi connectivity index (χ2n) is 8.45. The minimum Gasteiger partial charge on any atom is -0.352 e. The number of carbonyl (C=O) groups is 2. The Hall–Kier alpha value is -1.46. The van der Waals surface area contributed by atoms with Crippen molar-refractivity contribution in [1.29, 1.82) is 0 Å². The van der Waals surface area contributed by atoms with Gasteiger partial charge in [0, 0.05) is 22.6 Å². The third-order valence-corrected chi connectivity index (χ3v) is 7.36. The summed E-state index contributed by atoms with van der Waals surface area (Å²) in [6.07, 6.45) is 5.93. The molecule has 2 amide bonds. The van der Waals surface area contributed by atoms with Crippen LogP contribution in [-0.4, -0.2) is 28.8 Å². The summed E-state index contributed by atoms with van der Waals surface area (Å²) < 4.78 is 0. The summed E-state index contributed by atoms with van der Waals surface area (Å²) in [7, 11) is 0. The maximum Gasteiger partial charge on any atom is 0.243 e. The van der Waals surface area contributed by atoms with Crippen molar-refractivity contribution in [1.82, 2.24) is 10.2 Å². The van der Waals surface area contributed by atoms with E-state index >= 15 is 0 Å². The van der Waals surface area contributed by atoms with Crippen LogP contribution in [0.25, 0.3) is 0 Å². The first-order valence-corrected chi connectivity index (χ1v) is 12.8. The minimum atomic E-state index is -0.611. The molecule has 3 rings (SSSR count). The molecule has 0 aliphatic heterocycles. The zero-order valence-corrected chi connectivity index (χ0v) is 21.6. The summed E-state index contributed by atoms with van der Waals surface area (Å²) in [5.41, 5.74) is 1.46. The number of benzene rings is 2. The van der Waals surface area contributed by atoms with E-state index in [4.69, 9.17) is 46.4 Å². The first-order valence-electron chi connectivity index (χ1n) is 11.3. The summed E-state index contributed by atoms with van der Waals surface area (Å²) >= 11 is 24.6. The van der Waals surface area contributed by atoms with Crippen molar-refractivity contribution in [2.75, 3.05) is 0 Å². The molecule has 0 spiro atoms. The van der Waals surface area contributed by atoms with E-state index in [9.17, 15) is 9.59 Å². The summed E-state index contributed by atoms with van der Waals surface area (Å²) in [4.78, 5) is 28.4. The highest BCUT2D eigenvalue weighted by Gasteiger charge is 2.30. The molecule has 0 saturated heterocycles. The molecule has 0 radical (unpaired) electrons. The van der Waals surface area contributed by atoms with E-state index in [2.05, 4.69) is 5.32 Å². The Balaban J connectivity index is 1.85. The van der Waals surface area contributed by atoms with Crippen molar-refractivity contribution in [3.63, 3.8) is 0 Å². The van der Waals surface area contributed by atoms with Crippen LogP contribution in [0.2, 0.25) is 20.1 Å². The SMILES string of the molecule is CC[C@@H](C(=O)NC1CCCCC1)N(Cc1ccc(Cl)c(Cl)c1)C(=O)Cc1ccc(Cl)cc1Cl. The Morgan fingerprint density at radius 1 is 0.970 bits per heavy atom. The number of rotatable bonds is 8. The van der Waals surface area contributed by atoms with Gasteiger partial charge in [0.1, 0.15) is 6.04 Å². The number of amides is 2. The molecule has 178 valence electrons. The lowest BCUT2D eigenvalue weighted by molar-refractivity contribution is -0.141. The van der Waals surface area contributed by atoms with Crippen molar-refractivity contribution in [2.24, 2.45) is 0 Å². The zero-order chi connectivity index (χ0) is 24.0. The molecule has 1 fully saturated rings. The van der Waals surface area contributed by atoms with Crippen LogP contribution < -0.4 is 5.32 Å². The molecule has 2 aromatic rings. The smallest absolute Gasteiger partial charge is 0.243 e. The normalized spacial score (nSPS) is 15.2. The number of hydrogen-bond donors (Lipinski definition) is 1. The largest absolute Gasteiger partial charge is 0.352 e. The number of hydrogen-bond acceptors (Lipinski definition) is 2. The van der Waals surface area contributed by atoms with Gasteiger partial charge < -0.3 is 10.2 Å². The lowest BCUT2D eigenvalue weighted by atomic mass is 9.95. The Kier molecular flexibility index (Phi) is 9.75. The van der Waals surface area contributed by atoms with Crippen LogP contribution in [0.1, 0.15) is 56.6 Å². The Labute approximate surface area is 215 Å². The second kappa shape index (κ2) is 12.3. The predicted molar refractivity (Wildman–Crippen MR) is 136 cm³/mol. The van der Waals surface area contributed by atoms with Crippen molar-refractivity contribution >= 4 is 58.2 Å². The van der Waals surface area contributed by atoms with E-state index in [0.717, 1.165) is 31.2 Å². The highest BCUT2D eigenvalue weighted by molar-refractivity contribution is 6.42. The van der Waals surface area contributed by atoms with Gasteiger partial charge >= 0.3 is 0 Å². The molecule has 8 heteroatoms. The second-order valence-corrected chi connectivity index (χ2v) is 10.1. The highest BCUT2D eigenvalue weighted by atomic mass is 35.5. The fourth-order valence-corrected chi connectivity index (χ4v) is 5.02. The van der Waals surface area contributed by atoms with E-state index in [1.807, 2.05) is 13.0 Å². The van der Waals surface area contributed by atoms with E-state index in [1.54, 1.807) is 35.2 Å². The quantitative estimate of drug-likeness (QED) is 0.396. The lowest BCUT2D eigenvalue weighted by Gasteiger charge is -2.33. The van der Waals surface area contributed by atoms with Gasteiger partial charge in [-0.2, -0.15) is 0 Å². The van der Waals surface area contributed by atoms with Gasteiger partial charge in [0.05, 0.1) is 16.5 Å². The van der Waals surface area contributed by atoms with E-state index in [1.165, 1.54) is 6.42 Å². The first kappa shape index (κ1) is 26.2. The minimum absolute atomic E-state index is 0.0601. The maximum atomic E-state index is 13.5. The molecule has 1 saturated carbocycles. The van der Waals surface area contributed by atoms with Gasteiger partial charge in [-0.3, -0.25) is 9.59 Å². The van der Waals surface area contributed by atoms with Gasteiger partial charge in [0.2, 0.25) is 11.8 Å². The fraction of sp³-hybridized carbons (Fsp3) is 0.440. The molecule has 0 heterocycles. The van der Waals surface area contributed by atoms with Gasteiger partial charge in [0.25, 0.3) is 0 Å². The average Bonchev–Trinajstić information content (AvgIpc) is 2.78. The van der Waals surface area contributed by atoms with E-state index in [0.29, 0.717) is 32.1 Å². The van der Waals surface area contributed by atoms with Gasteiger partial charge in [-0.05, 0) is 54.7 Å². The van der Waals surface area contributed by atoms with Crippen LogP contribution in [0.15, 0.2) is 36.4 Å². The number of halogens is 4. The summed E-state index contributed by atoms with van der Waals surface area (Å²) in [6.45, 7) is 2.15. The monoisotopic (exact) mass is 528 g/mol. The van der Waals surface area contributed by atoms with Crippen LogP contribution in [0.5, 0.6) is 0 Å². The predicted octanol–water partition coefficient (Wildman–Crippen LogP) is 7.10. The molecule has 0 unspecified atom stereocenters. The van der Waals surface area contributed by atoms with Crippen molar-refractivity contribution in [3.8, 4) is 0 Å². The van der Waals surface area contributed by atoms with E-state index in [-0.39, 0.29) is 30.8 Å². The molecule has 0 bridgehead atoms. The molecule has 1 aliphatic carbocycles. The average molecular weight is 530 g/mol. The summed E-state index contributed by atoms with van der Waals surface area (Å²) in [6, 6.07) is 9.84. The van der Waals surface area contributed by atoms with Crippen LogP contribution in [-0.2, 0) is 22.6 Å². The van der Waals surface area contributed by atoms with Gasteiger partial charge in [-0.25, -0.2) is 0 Å². The number of nitrogens with one attached hydrogen (secondary N) is 1. The third kappa shape index (κ3) is 7.26. The standard InChI is InChI=1S/C25H28Cl4N2O2/c1-2-23(25(33)30-19-6-4-3-5-7-19)31(15-16-8-11-20(27)22(29)12-16)24(32)13-17-9-10-18(26)14-21(17)28/h8-12,14,19,23H,2-7,13,15H2,1H3,(H,30,33)/t23-/m0/s1. The Morgan fingerprint density at radius 2 is 1.70 bits per heavy atom. The molecule has 0 aromatic heterocycles. The maximum absolute atomic E-state index is 13.5. The molecule has 1 aliphatic rings. The number of carbonyl (C=O) groups excluding carboxylic acids is 2. The number of nitrogens with zero attached hydrogens (tertiary/aromatic N) is 1. The topological polar surface area (TPSA) is 49.4 Å². The summed E-state index contributed by atoms with van der Waals surface area (Å²) in [5, 5.41) is 4.94. The molecule has 4 nitrogen and oxygen atoms in total. The summed E-state index contributed by atoms with van der Waals surface area (Å²) in [5.74, 6) is -0.323. The van der Waals surface area contributed by atoms with Gasteiger partial charge in [-0.15, -0.1) is 0 Å². The molecule has 1 N–H and O–H groups in total. The van der Waals surface area contributed by atoms with Crippen molar-refractivity contribution < 1.29 is 9.59 Å². The van der Waals surface area contributed by atoms with E-state index < -0.39 is 6.04 Å². The molecular formula is C25H28Cl4N2O2. The van der Waals surface area contributed by atoms with Crippen molar-refractivity contribution in [3.05, 3.63) is 67.6 Å². The van der Waals surface area contributed by atoms with Crippen LogP contribution in [0.3, 0.4) is 0 Å². The van der Waals surface area contributed by atoms with Crippen LogP contribution in [0.4, 0.5) is 0 Å². The van der Waals surface area contributed by atoms with Crippen molar-refractivity contribution in [2.45, 2.75) is 70.5 Å². The first-order chi connectivity index (χ1) is 15.8. The fourth-order valence-electron chi connectivity index (χ4n) is 4.23.